The van der Waals surface area contributed by atoms with E-state index in [1.54, 1.807) is 0 Å². The van der Waals surface area contributed by atoms with Crippen LogP contribution >= 0.6 is 0 Å². The molecule has 0 bridgehead atoms. The monoisotopic (exact) mass is 197 g/mol. The third-order valence-corrected chi connectivity index (χ3v) is 2.23. The third-order valence-electron chi connectivity index (χ3n) is 2.23. The molecule has 1 aliphatic rings. The lowest BCUT2D eigenvalue weighted by atomic mass is 10.2. The van der Waals surface area contributed by atoms with Crippen LogP contribution in [0.25, 0.3) is 0 Å². The van der Waals surface area contributed by atoms with E-state index < -0.39 is 0 Å². The molecule has 14 heavy (non-hydrogen) atoms. The Bertz CT molecular complexity index is 281. The van der Waals surface area contributed by atoms with Crippen LogP contribution in [-0.2, 0) is 11.3 Å². The molecule has 1 fully saturated rings. The van der Waals surface area contributed by atoms with Crippen molar-refractivity contribution in [3.63, 3.8) is 0 Å². The topological polar surface area (TPSA) is 60.2 Å². The van der Waals surface area contributed by atoms with Gasteiger partial charge >= 0.3 is 0 Å². The number of hydrogen-bond donors (Lipinski definition) is 1. The van der Waals surface area contributed by atoms with Crippen LogP contribution in [0.2, 0.25) is 0 Å². The summed E-state index contributed by atoms with van der Waals surface area (Å²) < 4.78 is 10.5. The normalized spacial score (nSPS) is 21.6. The van der Waals surface area contributed by atoms with Crippen LogP contribution in [-0.4, -0.2) is 23.3 Å². The SMILES string of the molecule is CCNCc1nc(C2CCCO2)no1. The zero-order valence-electron chi connectivity index (χ0n) is 8.32. The minimum absolute atomic E-state index is 0.0501. The second-order valence-corrected chi connectivity index (χ2v) is 3.33. The van der Waals surface area contributed by atoms with Gasteiger partial charge in [0.15, 0.2) is 0 Å². The van der Waals surface area contributed by atoms with E-state index in [4.69, 9.17) is 9.26 Å². The molecule has 1 unspecified atom stereocenters. The van der Waals surface area contributed by atoms with Crippen molar-refractivity contribution in [1.29, 1.82) is 0 Å². The molecule has 0 aliphatic carbocycles. The van der Waals surface area contributed by atoms with Gasteiger partial charge in [-0.15, -0.1) is 0 Å². The number of rotatable bonds is 4. The van der Waals surface area contributed by atoms with E-state index in [1.165, 1.54) is 0 Å². The van der Waals surface area contributed by atoms with Crippen LogP contribution < -0.4 is 5.32 Å². The molecule has 0 aromatic carbocycles. The predicted octanol–water partition coefficient (Wildman–Crippen LogP) is 1.03. The molecule has 1 atom stereocenters. The van der Waals surface area contributed by atoms with Gasteiger partial charge in [0.1, 0.15) is 6.10 Å². The van der Waals surface area contributed by atoms with Gasteiger partial charge in [0, 0.05) is 6.61 Å². The van der Waals surface area contributed by atoms with Crippen LogP contribution in [0.4, 0.5) is 0 Å². The Morgan fingerprint density at radius 1 is 1.57 bits per heavy atom. The minimum Gasteiger partial charge on any atom is -0.370 e. The fraction of sp³-hybridized carbons (Fsp3) is 0.778. The largest absolute Gasteiger partial charge is 0.370 e. The molecule has 0 amide bonds. The molecule has 1 aromatic rings. The molecule has 2 heterocycles. The summed E-state index contributed by atoms with van der Waals surface area (Å²) in [7, 11) is 0. The van der Waals surface area contributed by atoms with Crippen molar-refractivity contribution in [3.8, 4) is 0 Å². The summed E-state index contributed by atoms with van der Waals surface area (Å²) in [6, 6.07) is 0. The molecule has 0 spiro atoms. The molecule has 1 aliphatic heterocycles. The summed E-state index contributed by atoms with van der Waals surface area (Å²) in [5, 5.41) is 7.03. The molecule has 0 radical (unpaired) electrons. The number of nitrogens with zero attached hydrogens (tertiary/aromatic N) is 2. The van der Waals surface area contributed by atoms with E-state index in [-0.39, 0.29) is 6.10 Å². The molecule has 5 heteroatoms. The Hall–Kier alpha value is -0.940. The molecule has 1 N–H and O–H groups in total. The molecule has 1 aromatic heterocycles. The van der Waals surface area contributed by atoms with Crippen molar-refractivity contribution < 1.29 is 9.26 Å². The highest BCUT2D eigenvalue weighted by Gasteiger charge is 2.22. The van der Waals surface area contributed by atoms with Crippen molar-refractivity contribution in [2.75, 3.05) is 13.2 Å². The summed E-state index contributed by atoms with van der Waals surface area (Å²) in [6.45, 7) is 4.38. The van der Waals surface area contributed by atoms with E-state index in [0.717, 1.165) is 26.0 Å². The van der Waals surface area contributed by atoms with Gasteiger partial charge in [-0.05, 0) is 19.4 Å². The molecular formula is C9H15N3O2. The fourth-order valence-corrected chi connectivity index (χ4v) is 1.48. The smallest absolute Gasteiger partial charge is 0.240 e. The van der Waals surface area contributed by atoms with E-state index in [1.807, 2.05) is 6.92 Å². The van der Waals surface area contributed by atoms with Crippen LogP contribution in [0.3, 0.4) is 0 Å². The first-order valence-electron chi connectivity index (χ1n) is 5.05. The van der Waals surface area contributed by atoms with Gasteiger partial charge < -0.3 is 14.6 Å². The van der Waals surface area contributed by atoms with Gasteiger partial charge in [0.05, 0.1) is 6.54 Å². The Morgan fingerprint density at radius 2 is 2.50 bits per heavy atom. The Morgan fingerprint density at radius 3 is 3.21 bits per heavy atom. The lowest BCUT2D eigenvalue weighted by Crippen LogP contribution is -2.12. The first kappa shape index (κ1) is 9.61. The summed E-state index contributed by atoms with van der Waals surface area (Å²) >= 11 is 0. The molecular weight excluding hydrogens is 182 g/mol. The van der Waals surface area contributed by atoms with Gasteiger partial charge in [0.25, 0.3) is 0 Å². The van der Waals surface area contributed by atoms with E-state index in [2.05, 4.69) is 15.5 Å². The molecule has 1 saturated heterocycles. The van der Waals surface area contributed by atoms with Crippen molar-refractivity contribution in [3.05, 3.63) is 11.7 Å². The lowest BCUT2D eigenvalue weighted by molar-refractivity contribution is 0.103. The summed E-state index contributed by atoms with van der Waals surface area (Å²) in [4.78, 5) is 4.26. The molecule has 0 saturated carbocycles. The van der Waals surface area contributed by atoms with Crippen LogP contribution in [0.15, 0.2) is 4.52 Å². The average Bonchev–Trinajstić information content (AvgIpc) is 2.85. The minimum atomic E-state index is 0.0501. The second kappa shape index (κ2) is 4.52. The zero-order chi connectivity index (χ0) is 9.80. The fourth-order valence-electron chi connectivity index (χ4n) is 1.48. The van der Waals surface area contributed by atoms with Crippen LogP contribution in [0, 0.1) is 0 Å². The van der Waals surface area contributed by atoms with Gasteiger partial charge in [-0.1, -0.05) is 12.1 Å². The van der Waals surface area contributed by atoms with E-state index in [9.17, 15) is 0 Å². The first-order valence-corrected chi connectivity index (χ1v) is 5.05. The van der Waals surface area contributed by atoms with E-state index in [0.29, 0.717) is 18.3 Å². The number of nitrogens with one attached hydrogen (secondary N) is 1. The maximum atomic E-state index is 5.45. The molecule has 5 nitrogen and oxygen atoms in total. The molecule has 78 valence electrons. The third kappa shape index (κ3) is 2.10. The highest BCUT2D eigenvalue weighted by atomic mass is 16.5. The maximum Gasteiger partial charge on any atom is 0.240 e. The maximum absolute atomic E-state index is 5.45. The number of aromatic nitrogens is 2. The zero-order valence-corrected chi connectivity index (χ0v) is 8.32. The molecule has 2 rings (SSSR count). The van der Waals surface area contributed by atoms with Crippen molar-refractivity contribution in [2.45, 2.75) is 32.4 Å². The Labute approximate surface area is 82.8 Å². The Balaban J connectivity index is 1.94. The van der Waals surface area contributed by atoms with E-state index >= 15 is 0 Å². The van der Waals surface area contributed by atoms with Gasteiger partial charge in [0.2, 0.25) is 11.7 Å². The first-order chi connectivity index (χ1) is 6.90. The predicted molar refractivity (Wildman–Crippen MR) is 49.6 cm³/mol. The van der Waals surface area contributed by atoms with Gasteiger partial charge in [-0.2, -0.15) is 4.98 Å². The van der Waals surface area contributed by atoms with Crippen molar-refractivity contribution in [1.82, 2.24) is 15.5 Å². The van der Waals surface area contributed by atoms with Crippen molar-refractivity contribution in [2.24, 2.45) is 0 Å². The van der Waals surface area contributed by atoms with Crippen LogP contribution in [0.1, 0.15) is 37.6 Å². The summed E-state index contributed by atoms with van der Waals surface area (Å²) in [5.74, 6) is 1.33. The lowest BCUT2D eigenvalue weighted by Gasteiger charge is -2.00. The van der Waals surface area contributed by atoms with Gasteiger partial charge in [-0.3, -0.25) is 0 Å². The highest BCUT2D eigenvalue weighted by Crippen LogP contribution is 2.25. The summed E-state index contributed by atoms with van der Waals surface area (Å²) in [5.41, 5.74) is 0. The van der Waals surface area contributed by atoms with Gasteiger partial charge in [-0.25, -0.2) is 0 Å². The standard InChI is InChI=1S/C9H15N3O2/c1-2-10-6-8-11-9(12-14-8)7-4-3-5-13-7/h7,10H,2-6H2,1H3. The van der Waals surface area contributed by atoms with Crippen LogP contribution in [0.5, 0.6) is 0 Å². The average molecular weight is 197 g/mol. The van der Waals surface area contributed by atoms with Crippen molar-refractivity contribution >= 4 is 0 Å². The number of ether oxygens (including phenoxy) is 1. The number of hydrogen-bond acceptors (Lipinski definition) is 5. The summed E-state index contributed by atoms with van der Waals surface area (Å²) in [6.07, 6.45) is 2.14. The Kier molecular flexibility index (Phi) is 3.10. The highest BCUT2D eigenvalue weighted by molar-refractivity contribution is 4.92. The quantitative estimate of drug-likeness (QED) is 0.781. The second-order valence-electron chi connectivity index (χ2n) is 3.33.